The molecule has 9 nitrogen and oxygen atoms in total. The third-order valence-corrected chi connectivity index (χ3v) is 8.91. The monoisotopic (exact) mass is 619 g/mol. The topological polar surface area (TPSA) is 111 Å². The van der Waals surface area contributed by atoms with Crippen molar-refractivity contribution in [2.75, 3.05) is 24.7 Å². The van der Waals surface area contributed by atoms with Crippen molar-refractivity contribution in [2.24, 2.45) is 0 Å². The molecule has 1 saturated heterocycles. The summed E-state index contributed by atoms with van der Waals surface area (Å²) in [5.41, 5.74) is 1.66. The summed E-state index contributed by atoms with van der Waals surface area (Å²) in [5, 5.41) is 20.2. The highest BCUT2D eigenvalue weighted by atomic mass is 32.2. The van der Waals surface area contributed by atoms with Crippen molar-refractivity contribution in [3.63, 3.8) is 0 Å². The number of rotatable bonds is 9. The highest BCUT2D eigenvalue weighted by Gasteiger charge is 2.48. The SMILES string of the molecule is CCCOc1cccc([C@@H]2/C(=C(\O)c3ccc4c(c3)OCCO4)C(=O)C(=O)N2c2nnc(SCc3ccc(F)cc3)s2)c1. The number of thioether (sulfide) groups is 1. The third kappa shape index (κ3) is 5.93. The van der Waals surface area contributed by atoms with Crippen molar-refractivity contribution in [1.82, 2.24) is 10.2 Å². The molecule has 1 N–H and O–H groups in total. The van der Waals surface area contributed by atoms with Crippen LogP contribution in [-0.4, -0.2) is 46.8 Å². The van der Waals surface area contributed by atoms with Gasteiger partial charge in [-0.3, -0.25) is 14.5 Å². The van der Waals surface area contributed by atoms with Crippen LogP contribution >= 0.6 is 23.1 Å². The molecule has 0 saturated carbocycles. The first kappa shape index (κ1) is 28.7. The van der Waals surface area contributed by atoms with E-state index in [0.717, 1.165) is 23.3 Å². The lowest BCUT2D eigenvalue weighted by atomic mass is 9.95. The molecule has 3 aromatic carbocycles. The van der Waals surface area contributed by atoms with E-state index in [1.54, 1.807) is 54.6 Å². The van der Waals surface area contributed by atoms with Gasteiger partial charge >= 0.3 is 5.91 Å². The fraction of sp³-hybridized carbons (Fsp3) is 0.226. The number of Topliss-reactive ketones (excluding diaryl/α,β-unsaturated/α-hetero) is 1. The Kier molecular flexibility index (Phi) is 8.30. The second kappa shape index (κ2) is 12.4. The molecular weight excluding hydrogens is 593 g/mol. The zero-order chi connectivity index (χ0) is 29.9. The van der Waals surface area contributed by atoms with Gasteiger partial charge in [-0.15, -0.1) is 10.2 Å². The predicted molar refractivity (Wildman–Crippen MR) is 160 cm³/mol. The van der Waals surface area contributed by atoms with Crippen LogP contribution in [-0.2, 0) is 15.3 Å². The second-order valence-corrected chi connectivity index (χ2v) is 11.9. The molecule has 220 valence electrons. The summed E-state index contributed by atoms with van der Waals surface area (Å²) in [4.78, 5) is 28.5. The Hall–Kier alpha value is -4.42. The van der Waals surface area contributed by atoms with Gasteiger partial charge in [0, 0.05) is 11.3 Å². The number of ether oxygens (including phenoxy) is 3. The Bertz CT molecular complexity index is 1710. The number of fused-ring (bicyclic) bond motifs is 1. The van der Waals surface area contributed by atoms with E-state index in [-0.39, 0.29) is 22.3 Å². The fourth-order valence-corrected chi connectivity index (χ4v) is 6.59. The highest BCUT2D eigenvalue weighted by molar-refractivity contribution is 8.00. The average Bonchev–Trinajstić information content (AvgIpc) is 3.61. The van der Waals surface area contributed by atoms with E-state index < -0.39 is 17.7 Å². The number of hydrogen-bond donors (Lipinski definition) is 1. The molecular formula is C31H26FN3O6S2. The fourth-order valence-electron chi connectivity index (χ4n) is 4.77. The minimum atomic E-state index is -0.999. The summed E-state index contributed by atoms with van der Waals surface area (Å²) in [6, 6.07) is 17.1. The quantitative estimate of drug-likeness (QED) is 0.0775. The standard InChI is InChI=1S/C31H26FN3O6S2/c1-2-12-39-22-5-3-4-19(15-22)26-25(27(36)20-8-11-23-24(16-20)41-14-13-40-23)28(37)29(38)35(26)30-33-34-31(43-30)42-17-18-6-9-21(32)10-7-18/h3-11,15-16,26,36H,2,12-14,17H2,1H3/b27-25+/t26-/m1/s1. The third-order valence-electron chi connectivity index (χ3n) is 6.78. The van der Waals surface area contributed by atoms with Gasteiger partial charge in [0.25, 0.3) is 5.78 Å². The molecule has 1 fully saturated rings. The van der Waals surface area contributed by atoms with Crippen LogP contribution in [0.2, 0.25) is 0 Å². The smallest absolute Gasteiger partial charge is 0.301 e. The second-order valence-electron chi connectivity index (χ2n) is 9.71. The first-order chi connectivity index (χ1) is 20.9. The number of hydrogen-bond acceptors (Lipinski definition) is 10. The molecule has 4 aromatic rings. The normalized spacial score (nSPS) is 17.3. The minimum Gasteiger partial charge on any atom is -0.507 e. The number of aliphatic hydroxyl groups excluding tert-OH is 1. The molecule has 0 bridgehead atoms. The molecule has 0 unspecified atom stereocenters. The zero-order valence-electron chi connectivity index (χ0n) is 23.0. The van der Waals surface area contributed by atoms with E-state index in [4.69, 9.17) is 14.2 Å². The van der Waals surface area contributed by atoms with E-state index in [1.807, 2.05) is 6.92 Å². The molecule has 1 atom stereocenters. The molecule has 1 amide bonds. The number of aromatic nitrogens is 2. The number of anilines is 1. The van der Waals surface area contributed by atoms with Crippen LogP contribution in [0, 0.1) is 5.82 Å². The lowest BCUT2D eigenvalue weighted by molar-refractivity contribution is -0.132. The molecule has 2 aliphatic rings. The van der Waals surface area contributed by atoms with Crippen LogP contribution in [0.25, 0.3) is 5.76 Å². The van der Waals surface area contributed by atoms with Crippen molar-refractivity contribution >= 4 is 45.7 Å². The van der Waals surface area contributed by atoms with Gasteiger partial charge in [0.15, 0.2) is 15.8 Å². The zero-order valence-corrected chi connectivity index (χ0v) is 24.6. The number of benzene rings is 3. The molecule has 0 aliphatic carbocycles. The predicted octanol–water partition coefficient (Wildman–Crippen LogP) is 6.16. The lowest BCUT2D eigenvalue weighted by Gasteiger charge is -2.23. The number of nitrogens with zero attached hydrogens (tertiary/aromatic N) is 3. The molecule has 43 heavy (non-hydrogen) atoms. The van der Waals surface area contributed by atoms with Gasteiger partial charge in [-0.2, -0.15) is 0 Å². The Morgan fingerprint density at radius 3 is 2.65 bits per heavy atom. The molecule has 12 heteroatoms. The first-order valence-corrected chi connectivity index (χ1v) is 15.4. The number of amides is 1. The largest absolute Gasteiger partial charge is 0.507 e. The van der Waals surface area contributed by atoms with Gasteiger partial charge < -0.3 is 19.3 Å². The number of halogens is 1. The summed E-state index contributed by atoms with van der Waals surface area (Å²) in [7, 11) is 0. The van der Waals surface area contributed by atoms with Gasteiger partial charge in [0.05, 0.1) is 18.2 Å². The summed E-state index contributed by atoms with van der Waals surface area (Å²) in [5.74, 6) is -0.317. The van der Waals surface area contributed by atoms with Crippen LogP contribution < -0.4 is 19.1 Å². The van der Waals surface area contributed by atoms with Crippen molar-refractivity contribution in [2.45, 2.75) is 29.5 Å². The first-order valence-electron chi connectivity index (χ1n) is 13.6. The minimum absolute atomic E-state index is 0.0926. The van der Waals surface area contributed by atoms with Gasteiger partial charge in [-0.25, -0.2) is 4.39 Å². The van der Waals surface area contributed by atoms with Crippen molar-refractivity contribution < 1.29 is 33.3 Å². The maximum Gasteiger partial charge on any atom is 0.301 e. The van der Waals surface area contributed by atoms with E-state index in [0.29, 0.717) is 58.3 Å². The maximum atomic E-state index is 13.6. The molecule has 0 spiro atoms. The number of carbonyl (C=O) groups excluding carboxylic acids is 2. The van der Waals surface area contributed by atoms with Crippen LogP contribution in [0.5, 0.6) is 17.2 Å². The molecule has 0 radical (unpaired) electrons. The Labute approximate surface area is 254 Å². The van der Waals surface area contributed by atoms with Crippen molar-refractivity contribution in [3.8, 4) is 17.2 Å². The van der Waals surface area contributed by atoms with E-state index in [1.165, 1.54) is 28.8 Å². The summed E-state index contributed by atoms with van der Waals surface area (Å²) in [6.45, 7) is 3.25. The van der Waals surface area contributed by atoms with Gasteiger partial charge in [-0.05, 0) is 60.0 Å². The summed E-state index contributed by atoms with van der Waals surface area (Å²) < 4.78 is 30.9. The van der Waals surface area contributed by atoms with E-state index in [2.05, 4.69) is 10.2 Å². The van der Waals surface area contributed by atoms with Crippen molar-refractivity contribution in [3.05, 3.63) is 94.8 Å². The number of aliphatic hydroxyl groups is 1. The Balaban J connectivity index is 1.39. The van der Waals surface area contributed by atoms with Gasteiger partial charge in [0.1, 0.15) is 30.5 Å². The maximum absolute atomic E-state index is 13.6. The van der Waals surface area contributed by atoms with Crippen molar-refractivity contribution in [1.29, 1.82) is 0 Å². The van der Waals surface area contributed by atoms with Gasteiger partial charge in [0.2, 0.25) is 5.13 Å². The number of carbonyl (C=O) groups is 2. The number of ketones is 1. The van der Waals surface area contributed by atoms with E-state index >= 15 is 0 Å². The molecule has 3 heterocycles. The lowest BCUT2D eigenvalue weighted by Crippen LogP contribution is -2.29. The summed E-state index contributed by atoms with van der Waals surface area (Å²) >= 11 is 2.53. The molecule has 2 aliphatic heterocycles. The van der Waals surface area contributed by atoms with Crippen LogP contribution in [0.3, 0.4) is 0 Å². The molecule has 6 rings (SSSR count). The van der Waals surface area contributed by atoms with Gasteiger partial charge in [-0.1, -0.05) is 54.3 Å². The van der Waals surface area contributed by atoms with Crippen LogP contribution in [0.15, 0.2) is 76.6 Å². The van der Waals surface area contributed by atoms with Crippen LogP contribution in [0.1, 0.15) is 36.1 Å². The summed E-state index contributed by atoms with van der Waals surface area (Å²) in [6.07, 6.45) is 0.802. The highest BCUT2D eigenvalue weighted by Crippen LogP contribution is 2.45. The Morgan fingerprint density at radius 1 is 1.07 bits per heavy atom. The van der Waals surface area contributed by atoms with Crippen LogP contribution in [0.4, 0.5) is 9.52 Å². The Morgan fingerprint density at radius 2 is 1.86 bits per heavy atom. The van der Waals surface area contributed by atoms with E-state index in [9.17, 15) is 19.1 Å². The average molecular weight is 620 g/mol. The molecule has 1 aromatic heterocycles.